The van der Waals surface area contributed by atoms with E-state index in [-0.39, 0.29) is 23.8 Å². The zero-order chi connectivity index (χ0) is 29.9. The summed E-state index contributed by atoms with van der Waals surface area (Å²) in [4.78, 5) is 40.4. The van der Waals surface area contributed by atoms with E-state index in [2.05, 4.69) is 0 Å². The van der Waals surface area contributed by atoms with Gasteiger partial charge in [-0.25, -0.2) is 9.59 Å². The number of carbonyl (C=O) groups is 3. The van der Waals surface area contributed by atoms with Gasteiger partial charge in [-0.3, -0.25) is 4.79 Å². The molecule has 2 fully saturated rings. The molecule has 0 amide bonds. The molecule has 2 aromatic carbocycles. The van der Waals surface area contributed by atoms with E-state index in [4.69, 9.17) is 13.9 Å². The maximum atomic E-state index is 13.7. The summed E-state index contributed by atoms with van der Waals surface area (Å²) in [5.41, 5.74) is -3.27. The lowest BCUT2D eigenvalue weighted by Gasteiger charge is -2.68. The van der Waals surface area contributed by atoms with Crippen LogP contribution in [0.3, 0.4) is 0 Å². The van der Waals surface area contributed by atoms with Gasteiger partial charge >= 0.3 is 17.9 Å². The molecule has 1 aromatic heterocycles. The molecule has 42 heavy (non-hydrogen) atoms. The van der Waals surface area contributed by atoms with Crippen molar-refractivity contribution < 1.29 is 38.5 Å². The second-order valence-electron chi connectivity index (χ2n) is 12.6. The highest BCUT2D eigenvalue weighted by Crippen LogP contribution is 2.68. The molecule has 8 nitrogen and oxygen atoms in total. The largest absolute Gasteiger partial charge is 0.481 e. The minimum Gasteiger partial charge on any atom is -0.481 e. The summed E-state index contributed by atoms with van der Waals surface area (Å²) in [7, 11) is 0. The third-order valence-electron chi connectivity index (χ3n) is 10.7. The summed E-state index contributed by atoms with van der Waals surface area (Å²) < 4.78 is 18.4. The number of hydrogen-bond acceptors (Lipinski definition) is 7. The van der Waals surface area contributed by atoms with Crippen LogP contribution in [0.2, 0.25) is 0 Å². The van der Waals surface area contributed by atoms with Gasteiger partial charge in [0.15, 0.2) is 6.10 Å². The van der Waals surface area contributed by atoms with Crippen LogP contribution >= 0.6 is 0 Å². The van der Waals surface area contributed by atoms with Crippen LogP contribution in [0.25, 0.3) is 0 Å². The fraction of sp³-hybridized carbons (Fsp3) is 0.441. The molecule has 1 heterocycles. The van der Waals surface area contributed by atoms with Crippen LogP contribution in [0.4, 0.5) is 0 Å². The van der Waals surface area contributed by atoms with Crippen LogP contribution < -0.4 is 0 Å². The molecule has 0 spiro atoms. The van der Waals surface area contributed by atoms with Gasteiger partial charge in [-0.1, -0.05) is 56.7 Å². The van der Waals surface area contributed by atoms with E-state index in [9.17, 15) is 24.6 Å². The smallest absolute Gasteiger partial charge is 0.338 e. The summed E-state index contributed by atoms with van der Waals surface area (Å²) in [5, 5.41) is 23.8. The number of fused-ring (bicyclic) bond motifs is 4. The van der Waals surface area contributed by atoms with Gasteiger partial charge in [-0.15, -0.1) is 0 Å². The third kappa shape index (κ3) is 3.95. The second-order valence-corrected chi connectivity index (χ2v) is 12.6. The van der Waals surface area contributed by atoms with Crippen LogP contribution in [0, 0.1) is 22.7 Å². The molecule has 2 saturated carbocycles. The highest BCUT2D eigenvalue weighted by atomic mass is 16.6. The van der Waals surface area contributed by atoms with Gasteiger partial charge in [-0.2, -0.15) is 0 Å². The number of ether oxygens (including phenoxy) is 2. The predicted molar refractivity (Wildman–Crippen MR) is 152 cm³/mol. The van der Waals surface area contributed by atoms with Crippen molar-refractivity contribution in [2.45, 2.75) is 70.2 Å². The van der Waals surface area contributed by atoms with Crippen molar-refractivity contribution in [1.82, 2.24) is 0 Å². The summed E-state index contributed by atoms with van der Waals surface area (Å²) in [6.45, 7) is 5.46. The zero-order valence-corrected chi connectivity index (χ0v) is 24.0. The summed E-state index contributed by atoms with van der Waals surface area (Å²) in [6.07, 6.45) is 0.724. The van der Waals surface area contributed by atoms with Crippen molar-refractivity contribution in [3.63, 3.8) is 0 Å². The van der Waals surface area contributed by atoms with E-state index < -0.39 is 52.5 Å². The topological polar surface area (TPSA) is 123 Å². The average Bonchev–Trinajstić information content (AvgIpc) is 3.47. The number of carbonyl (C=O) groups excluding carboxylic acids is 2. The Balaban J connectivity index is 1.56. The highest BCUT2D eigenvalue weighted by Gasteiger charge is 2.77. The molecule has 6 rings (SSSR count). The third-order valence-corrected chi connectivity index (χ3v) is 10.7. The quantitative estimate of drug-likeness (QED) is 0.376. The van der Waals surface area contributed by atoms with Gasteiger partial charge < -0.3 is 24.1 Å². The van der Waals surface area contributed by atoms with Crippen molar-refractivity contribution >= 4 is 17.9 Å². The van der Waals surface area contributed by atoms with Crippen molar-refractivity contribution in [2.75, 3.05) is 0 Å². The normalized spacial score (nSPS) is 35.2. The Morgan fingerprint density at radius 3 is 2.07 bits per heavy atom. The van der Waals surface area contributed by atoms with Crippen LogP contribution in [0.15, 0.2) is 77.4 Å². The number of benzene rings is 2. The minimum absolute atomic E-state index is 0.173. The average molecular weight is 573 g/mol. The molecule has 8 heteroatoms. The fourth-order valence-corrected chi connectivity index (χ4v) is 8.43. The molecule has 0 saturated heterocycles. The molecule has 3 aliphatic rings. The Morgan fingerprint density at radius 2 is 1.48 bits per heavy atom. The first-order valence-corrected chi connectivity index (χ1v) is 14.6. The van der Waals surface area contributed by atoms with E-state index in [0.717, 1.165) is 11.3 Å². The summed E-state index contributed by atoms with van der Waals surface area (Å²) in [6, 6.07) is 18.8. The first kappa shape index (κ1) is 28.2. The van der Waals surface area contributed by atoms with Crippen molar-refractivity contribution in [2.24, 2.45) is 22.7 Å². The molecule has 0 aliphatic heterocycles. The van der Waals surface area contributed by atoms with E-state index in [1.54, 1.807) is 66.9 Å². The number of aliphatic carboxylic acids is 1. The van der Waals surface area contributed by atoms with Gasteiger partial charge in [-0.05, 0) is 67.5 Å². The monoisotopic (exact) mass is 572 g/mol. The van der Waals surface area contributed by atoms with Crippen molar-refractivity contribution in [1.29, 1.82) is 0 Å². The molecule has 220 valence electrons. The van der Waals surface area contributed by atoms with Crippen molar-refractivity contribution in [3.05, 3.63) is 95.4 Å². The predicted octanol–water partition coefficient (Wildman–Crippen LogP) is 5.65. The molecule has 2 N–H and O–H groups in total. The molecular weight excluding hydrogens is 536 g/mol. The van der Waals surface area contributed by atoms with Crippen molar-refractivity contribution in [3.8, 4) is 0 Å². The number of hydrogen-bond donors (Lipinski definition) is 2. The standard InChI is InChI=1S/C34H36O8/c1-20-23-15-18-40-25(23)19-24-26(20)27(41-29(35)21-11-6-4-7-12-21)28(42-30(36)22-13-8-5-9-14-22)34(39)32(24,2)16-10-17-33(34,3)31(37)38/h4-9,11-15,18,20,24,26-28,39H,10,16-17,19H2,1-3H3,(H,37,38). The Kier molecular flexibility index (Phi) is 6.80. The SMILES string of the molecule is CC1c2ccoc2CC2C1C(OC(=O)c1ccccc1)C(OC(=O)c1ccccc1)C1(O)C(C)(C(=O)O)CCCC21C. The van der Waals surface area contributed by atoms with Gasteiger partial charge in [0.05, 0.1) is 22.8 Å². The Bertz CT molecular complexity index is 1500. The van der Waals surface area contributed by atoms with Crippen LogP contribution in [0.5, 0.6) is 0 Å². The number of rotatable bonds is 5. The van der Waals surface area contributed by atoms with E-state index in [1.807, 2.05) is 19.9 Å². The van der Waals surface area contributed by atoms with Gasteiger partial charge in [0.1, 0.15) is 17.5 Å². The van der Waals surface area contributed by atoms with Gasteiger partial charge in [0.2, 0.25) is 0 Å². The molecular formula is C34H36O8. The zero-order valence-electron chi connectivity index (χ0n) is 24.0. The number of aliphatic hydroxyl groups is 1. The lowest BCUT2D eigenvalue weighted by Crippen LogP contribution is -2.79. The number of furan rings is 1. The van der Waals surface area contributed by atoms with Crippen LogP contribution in [0.1, 0.15) is 78.0 Å². The molecule has 8 atom stereocenters. The molecule has 8 unspecified atom stereocenters. The molecule has 0 radical (unpaired) electrons. The lowest BCUT2D eigenvalue weighted by molar-refractivity contribution is -0.311. The first-order chi connectivity index (χ1) is 20.0. The maximum absolute atomic E-state index is 13.7. The summed E-state index contributed by atoms with van der Waals surface area (Å²) in [5.74, 6) is -2.67. The molecule has 0 bridgehead atoms. The highest BCUT2D eigenvalue weighted by molar-refractivity contribution is 5.90. The number of esters is 2. The number of carboxylic acid groups (broad SMARTS) is 1. The first-order valence-electron chi connectivity index (χ1n) is 14.6. The van der Waals surface area contributed by atoms with E-state index in [0.29, 0.717) is 24.8 Å². The Labute approximate surface area is 244 Å². The Morgan fingerprint density at radius 1 is 0.881 bits per heavy atom. The second kappa shape index (κ2) is 10.1. The van der Waals surface area contributed by atoms with Crippen LogP contribution in [-0.4, -0.2) is 45.9 Å². The number of carboxylic acids is 1. The van der Waals surface area contributed by atoms with Crippen LogP contribution in [-0.2, 0) is 20.7 Å². The van der Waals surface area contributed by atoms with E-state index in [1.165, 1.54) is 6.92 Å². The van der Waals surface area contributed by atoms with E-state index >= 15 is 0 Å². The maximum Gasteiger partial charge on any atom is 0.338 e. The molecule has 3 aromatic rings. The molecule has 3 aliphatic carbocycles. The Hall–Kier alpha value is -3.91. The van der Waals surface area contributed by atoms with Gasteiger partial charge in [0.25, 0.3) is 0 Å². The van der Waals surface area contributed by atoms with Gasteiger partial charge in [0, 0.05) is 17.8 Å². The minimum atomic E-state index is -2.08. The summed E-state index contributed by atoms with van der Waals surface area (Å²) >= 11 is 0. The fourth-order valence-electron chi connectivity index (χ4n) is 8.43. The lowest BCUT2D eigenvalue weighted by atomic mass is 9.39.